The Morgan fingerprint density at radius 2 is 1.94 bits per heavy atom. The molecule has 36 heavy (non-hydrogen) atoms. The highest BCUT2D eigenvalue weighted by molar-refractivity contribution is 5.99. The van der Waals surface area contributed by atoms with Gasteiger partial charge in [0.15, 0.2) is 0 Å². The Balaban J connectivity index is 1.30. The molecule has 1 amide bonds. The quantitative estimate of drug-likeness (QED) is 0.361. The highest BCUT2D eigenvalue weighted by atomic mass is 19.4. The van der Waals surface area contributed by atoms with E-state index in [1.54, 1.807) is 0 Å². The lowest BCUT2D eigenvalue weighted by Gasteiger charge is -2.28. The van der Waals surface area contributed by atoms with Crippen molar-refractivity contribution in [3.8, 4) is 6.08 Å². The number of alkyl halides is 6. The fraction of sp³-hybridized carbons (Fsp3) is 0.476. The van der Waals surface area contributed by atoms with E-state index in [4.69, 9.17) is 9.15 Å². The lowest BCUT2D eigenvalue weighted by Crippen LogP contribution is -2.47. The first-order chi connectivity index (χ1) is 16.9. The first kappa shape index (κ1) is 25.8. The van der Waals surface area contributed by atoms with Crippen molar-refractivity contribution in [1.29, 1.82) is 0 Å². The predicted octanol–water partition coefficient (Wildman–Crippen LogP) is 3.72. The molecule has 4 rings (SSSR count). The van der Waals surface area contributed by atoms with Crippen LogP contribution in [0.5, 0.6) is 6.08 Å². The van der Waals surface area contributed by atoms with Crippen LogP contribution < -0.4 is 15.4 Å². The van der Waals surface area contributed by atoms with Crippen molar-refractivity contribution in [2.45, 2.75) is 37.5 Å². The van der Waals surface area contributed by atoms with Gasteiger partial charge >= 0.3 is 18.6 Å². The van der Waals surface area contributed by atoms with Gasteiger partial charge in [-0.1, -0.05) is 11.2 Å². The summed E-state index contributed by atoms with van der Waals surface area (Å²) in [6.45, 7) is -0.819. The van der Waals surface area contributed by atoms with Crippen molar-refractivity contribution >= 4 is 16.8 Å². The smallest absolute Gasteiger partial charge is 0.447 e. The fourth-order valence-corrected chi connectivity index (χ4v) is 3.88. The van der Waals surface area contributed by atoms with Gasteiger partial charge in [-0.2, -0.15) is 13.2 Å². The number of hydrogen-bond acceptors (Lipinski definition) is 7. The largest absolute Gasteiger partial charge is 0.522 e. The van der Waals surface area contributed by atoms with Gasteiger partial charge in [-0.25, -0.2) is 0 Å². The topological polar surface area (TPSA) is 103 Å². The lowest BCUT2D eigenvalue weighted by atomic mass is 10.0. The van der Waals surface area contributed by atoms with Crippen LogP contribution in [-0.2, 0) is 18.0 Å². The van der Waals surface area contributed by atoms with Gasteiger partial charge in [-0.3, -0.25) is 9.53 Å². The molecule has 196 valence electrons. The normalized spacial score (nSPS) is 19.0. The number of hydrogen-bond donors (Lipinski definition) is 2. The first-order valence-corrected chi connectivity index (χ1v) is 10.8. The maximum Gasteiger partial charge on any atom is 0.522 e. The minimum absolute atomic E-state index is 0.181. The number of carbonyl (C=O) groups is 1. The summed E-state index contributed by atoms with van der Waals surface area (Å²) in [6.07, 6.45) is -8.52. The Bertz CT molecular complexity index is 1210. The summed E-state index contributed by atoms with van der Waals surface area (Å²) in [4.78, 5) is 12.8. The van der Waals surface area contributed by atoms with Crippen molar-refractivity contribution in [2.75, 3.05) is 19.8 Å². The van der Waals surface area contributed by atoms with Crippen LogP contribution in [0.25, 0.3) is 10.9 Å². The minimum atomic E-state index is -4.76. The average molecular weight is 521 g/mol. The monoisotopic (exact) mass is 521 g/mol. The van der Waals surface area contributed by atoms with E-state index in [0.717, 1.165) is 12.1 Å². The van der Waals surface area contributed by atoms with Gasteiger partial charge in [-0.15, -0.1) is 18.3 Å². The number of benzene rings is 1. The number of rotatable bonds is 7. The molecular formula is C21H21F6N5O4. The van der Waals surface area contributed by atoms with Gasteiger partial charge in [-0.05, 0) is 31.0 Å². The standard InChI is InChI=1S/C21H21F6N5O4/c1-32-15-9-12(20(22,23)24)3-2-11(15)8-16(32)17(33)29-13-4-5-14(28-10-13)18-30-31-19(36-18)34-6-7-35-21(25,26)27/h2-3,8-9,13-14,28H,4-7,10H2,1H3,(H,29,33)/t13-,14+/m0/s1. The summed E-state index contributed by atoms with van der Waals surface area (Å²) in [6, 6.07) is 4.21. The molecule has 0 spiro atoms. The highest BCUT2D eigenvalue weighted by Gasteiger charge is 2.32. The fourth-order valence-electron chi connectivity index (χ4n) is 3.88. The molecule has 0 saturated carbocycles. The number of halogens is 6. The number of ether oxygens (including phenoxy) is 2. The summed E-state index contributed by atoms with van der Waals surface area (Å²) >= 11 is 0. The number of amides is 1. The molecule has 1 aliphatic heterocycles. The second kappa shape index (κ2) is 9.97. The molecule has 15 heteroatoms. The lowest BCUT2D eigenvalue weighted by molar-refractivity contribution is -0.325. The molecule has 0 unspecified atom stereocenters. The average Bonchev–Trinajstić information content (AvgIpc) is 3.40. The number of carbonyl (C=O) groups excluding carboxylic acids is 1. The van der Waals surface area contributed by atoms with Gasteiger partial charge in [0, 0.05) is 30.5 Å². The van der Waals surface area contributed by atoms with E-state index in [1.807, 2.05) is 0 Å². The SMILES string of the molecule is Cn1c(C(=O)N[C@H]2CC[C@H](c3nnc(OCCOC(F)(F)F)o3)NC2)cc2ccc(C(F)(F)F)cc21. The number of piperidine rings is 1. The molecule has 2 atom stereocenters. The van der Waals surface area contributed by atoms with E-state index in [0.29, 0.717) is 24.8 Å². The number of nitrogens with zero attached hydrogens (tertiary/aromatic N) is 3. The third-order valence-electron chi connectivity index (χ3n) is 5.65. The first-order valence-electron chi connectivity index (χ1n) is 10.8. The molecule has 0 radical (unpaired) electrons. The maximum absolute atomic E-state index is 13.0. The van der Waals surface area contributed by atoms with E-state index < -0.39 is 37.2 Å². The van der Waals surface area contributed by atoms with E-state index in [1.165, 1.54) is 23.7 Å². The number of aryl methyl sites for hydroxylation is 1. The van der Waals surface area contributed by atoms with Crippen LogP contribution in [0.15, 0.2) is 28.7 Å². The zero-order chi connectivity index (χ0) is 26.1. The summed E-state index contributed by atoms with van der Waals surface area (Å²) in [7, 11) is 1.52. The molecule has 1 aromatic carbocycles. The molecule has 3 heterocycles. The Morgan fingerprint density at radius 1 is 1.17 bits per heavy atom. The Hall–Kier alpha value is -3.33. The molecule has 3 aromatic rings. The molecule has 1 fully saturated rings. The van der Waals surface area contributed by atoms with Crippen LogP contribution >= 0.6 is 0 Å². The number of nitrogens with one attached hydrogen (secondary N) is 2. The Kier molecular flexibility index (Phi) is 7.13. The van der Waals surface area contributed by atoms with Gasteiger partial charge in [0.1, 0.15) is 12.3 Å². The summed E-state index contributed by atoms with van der Waals surface area (Å²) in [5, 5.41) is 14.0. The number of aromatic nitrogens is 3. The van der Waals surface area contributed by atoms with E-state index >= 15 is 0 Å². The van der Waals surface area contributed by atoms with Crippen molar-refractivity contribution in [3.05, 3.63) is 41.4 Å². The van der Waals surface area contributed by atoms with Gasteiger partial charge in [0.2, 0.25) is 5.89 Å². The number of fused-ring (bicyclic) bond motifs is 1. The van der Waals surface area contributed by atoms with Crippen molar-refractivity contribution in [1.82, 2.24) is 25.4 Å². The second-order valence-electron chi connectivity index (χ2n) is 8.12. The second-order valence-corrected chi connectivity index (χ2v) is 8.12. The Labute approximate surface area is 199 Å². The molecule has 0 bridgehead atoms. The minimum Gasteiger partial charge on any atom is -0.447 e. The van der Waals surface area contributed by atoms with E-state index in [2.05, 4.69) is 25.6 Å². The summed E-state index contributed by atoms with van der Waals surface area (Å²) < 4.78 is 90.2. The Morgan fingerprint density at radius 3 is 2.61 bits per heavy atom. The maximum atomic E-state index is 13.0. The van der Waals surface area contributed by atoms with Crippen LogP contribution in [0.2, 0.25) is 0 Å². The molecule has 2 N–H and O–H groups in total. The zero-order valence-corrected chi connectivity index (χ0v) is 18.7. The summed E-state index contributed by atoms with van der Waals surface area (Å²) in [5.74, 6) is -0.247. The van der Waals surface area contributed by atoms with Gasteiger partial charge < -0.3 is 24.4 Å². The van der Waals surface area contributed by atoms with Crippen molar-refractivity contribution in [2.24, 2.45) is 7.05 Å². The zero-order valence-electron chi connectivity index (χ0n) is 18.7. The molecule has 0 aliphatic carbocycles. The molecular weight excluding hydrogens is 500 g/mol. The van der Waals surface area contributed by atoms with E-state index in [9.17, 15) is 31.1 Å². The third-order valence-corrected chi connectivity index (χ3v) is 5.65. The molecule has 1 saturated heterocycles. The molecule has 9 nitrogen and oxygen atoms in total. The van der Waals surface area contributed by atoms with Crippen LogP contribution in [-0.4, -0.2) is 52.8 Å². The van der Waals surface area contributed by atoms with Gasteiger partial charge in [0.05, 0.1) is 18.2 Å². The van der Waals surface area contributed by atoms with Crippen LogP contribution in [0.1, 0.15) is 40.8 Å². The highest BCUT2D eigenvalue weighted by Crippen LogP contribution is 2.32. The van der Waals surface area contributed by atoms with Crippen LogP contribution in [0, 0.1) is 0 Å². The molecule has 2 aromatic heterocycles. The third kappa shape index (κ3) is 6.07. The summed E-state index contributed by atoms with van der Waals surface area (Å²) in [5.41, 5.74) is -0.286. The predicted molar refractivity (Wildman–Crippen MR) is 111 cm³/mol. The van der Waals surface area contributed by atoms with E-state index in [-0.39, 0.29) is 35.3 Å². The van der Waals surface area contributed by atoms with Crippen molar-refractivity contribution in [3.63, 3.8) is 0 Å². The molecule has 1 aliphatic rings. The van der Waals surface area contributed by atoms with Crippen molar-refractivity contribution < 1.29 is 45.0 Å². The van der Waals surface area contributed by atoms with Crippen LogP contribution in [0.4, 0.5) is 26.3 Å². The van der Waals surface area contributed by atoms with Gasteiger partial charge in [0.25, 0.3) is 5.91 Å². The van der Waals surface area contributed by atoms with Crippen LogP contribution in [0.3, 0.4) is 0 Å².